The molecule has 0 atom stereocenters. The van der Waals surface area contributed by atoms with Crippen molar-refractivity contribution < 1.29 is 5.11 Å². The van der Waals surface area contributed by atoms with Crippen molar-refractivity contribution >= 4 is 17.6 Å². The van der Waals surface area contributed by atoms with Crippen molar-refractivity contribution in [2.24, 2.45) is 5.41 Å². The van der Waals surface area contributed by atoms with Gasteiger partial charge in [0.05, 0.1) is 6.61 Å². The standard InChI is InChI=1S/C14H25N5O/c1-2-16-11-8-12(19-13(15)18-11)17-9-14(10-20)6-4-3-5-7-14/h8,20H,2-7,9-10H2,1H3,(H4,15,16,17,18,19). The maximum atomic E-state index is 9.70. The molecule has 1 aliphatic carbocycles. The highest BCUT2D eigenvalue weighted by atomic mass is 16.3. The number of nitrogen functional groups attached to an aromatic ring is 1. The number of hydrogen-bond acceptors (Lipinski definition) is 6. The van der Waals surface area contributed by atoms with Crippen molar-refractivity contribution in [2.75, 3.05) is 36.1 Å². The van der Waals surface area contributed by atoms with Crippen LogP contribution in [0.5, 0.6) is 0 Å². The maximum Gasteiger partial charge on any atom is 0.223 e. The zero-order valence-electron chi connectivity index (χ0n) is 12.2. The summed E-state index contributed by atoms with van der Waals surface area (Å²) >= 11 is 0. The molecule has 1 aliphatic rings. The Hall–Kier alpha value is -1.56. The molecule has 0 spiro atoms. The molecule has 0 saturated heterocycles. The molecule has 0 aromatic carbocycles. The molecule has 1 fully saturated rings. The Morgan fingerprint density at radius 2 is 1.85 bits per heavy atom. The molecule has 0 radical (unpaired) electrons. The van der Waals surface area contributed by atoms with Gasteiger partial charge in [0.15, 0.2) is 0 Å². The molecule has 0 aliphatic heterocycles. The van der Waals surface area contributed by atoms with E-state index in [9.17, 15) is 5.11 Å². The zero-order chi connectivity index (χ0) is 14.4. The molecular weight excluding hydrogens is 254 g/mol. The molecular formula is C14H25N5O. The molecule has 0 amide bonds. The van der Waals surface area contributed by atoms with E-state index in [-0.39, 0.29) is 18.0 Å². The fraction of sp³-hybridized carbons (Fsp3) is 0.714. The minimum absolute atomic E-state index is 0.0175. The number of nitrogens with zero attached hydrogens (tertiary/aromatic N) is 2. The van der Waals surface area contributed by atoms with E-state index in [0.29, 0.717) is 5.82 Å². The van der Waals surface area contributed by atoms with Crippen LogP contribution in [0.2, 0.25) is 0 Å². The molecule has 5 N–H and O–H groups in total. The van der Waals surface area contributed by atoms with Crippen LogP contribution >= 0.6 is 0 Å². The number of aliphatic hydroxyl groups excluding tert-OH is 1. The third-order valence-electron chi connectivity index (χ3n) is 4.00. The quantitative estimate of drug-likeness (QED) is 0.634. The molecule has 2 rings (SSSR count). The van der Waals surface area contributed by atoms with Gasteiger partial charge in [-0.15, -0.1) is 0 Å². The molecule has 6 nitrogen and oxygen atoms in total. The second kappa shape index (κ2) is 6.74. The number of aromatic nitrogens is 2. The Kier molecular flexibility index (Phi) is 5.00. The summed E-state index contributed by atoms with van der Waals surface area (Å²) in [7, 11) is 0. The van der Waals surface area contributed by atoms with Crippen molar-refractivity contribution in [2.45, 2.75) is 39.0 Å². The fourth-order valence-corrected chi connectivity index (χ4v) is 2.80. The Labute approximate surface area is 120 Å². The zero-order valence-corrected chi connectivity index (χ0v) is 12.2. The first-order valence-electron chi connectivity index (χ1n) is 7.41. The van der Waals surface area contributed by atoms with E-state index in [0.717, 1.165) is 31.7 Å². The Morgan fingerprint density at radius 1 is 1.20 bits per heavy atom. The molecule has 1 heterocycles. The van der Waals surface area contributed by atoms with Crippen LogP contribution in [0.15, 0.2) is 6.07 Å². The topological polar surface area (TPSA) is 96.1 Å². The number of anilines is 3. The van der Waals surface area contributed by atoms with E-state index in [4.69, 9.17) is 5.73 Å². The summed E-state index contributed by atoms with van der Waals surface area (Å²) < 4.78 is 0. The molecule has 0 bridgehead atoms. The number of nitrogens with one attached hydrogen (secondary N) is 2. The molecule has 20 heavy (non-hydrogen) atoms. The predicted octanol–water partition coefficient (Wildman–Crippen LogP) is 1.85. The fourth-order valence-electron chi connectivity index (χ4n) is 2.80. The van der Waals surface area contributed by atoms with Gasteiger partial charge in [-0.05, 0) is 19.8 Å². The summed E-state index contributed by atoms with van der Waals surface area (Å²) in [5, 5.41) is 16.1. The van der Waals surface area contributed by atoms with E-state index in [1.54, 1.807) is 0 Å². The lowest BCUT2D eigenvalue weighted by atomic mass is 9.74. The lowest BCUT2D eigenvalue weighted by Crippen LogP contribution is -2.35. The monoisotopic (exact) mass is 279 g/mol. The van der Waals surface area contributed by atoms with Gasteiger partial charge >= 0.3 is 0 Å². The van der Waals surface area contributed by atoms with E-state index < -0.39 is 0 Å². The molecule has 1 saturated carbocycles. The molecule has 6 heteroatoms. The summed E-state index contributed by atoms with van der Waals surface area (Å²) in [6.07, 6.45) is 5.79. The third-order valence-corrected chi connectivity index (χ3v) is 4.00. The smallest absolute Gasteiger partial charge is 0.223 e. The van der Waals surface area contributed by atoms with Gasteiger partial charge in [-0.1, -0.05) is 19.3 Å². The van der Waals surface area contributed by atoms with Crippen molar-refractivity contribution in [3.63, 3.8) is 0 Å². The first-order chi connectivity index (χ1) is 9.67. The van der Waals surface area contributed by atoms with Crippen LogP contribution in [0.1, 0.15) is 39.0 Å². The summed E-state index contributed by atoms with van der Waals surface area (Å²) in [6.45, 7) is 3.75. The van der Waals surface area contributed by atoms with Crippen molar-refractivity contribution in [3.8, 4) is 0 Å². The van der Waals surface area contributed by atoms with Gasteiger partial charge in [-0.25, -0.2) is 0 Å². The minimum atomic E-state index is -0.0175. The number of aliphatic hydroxyl groups is 1. The van der Waals surface area contributed by atoms with Gasteiger partial charge in [-0.3, -0.25) is 0 Å². The summed E-state index contributed by atoms with van der Waals surface area (Å²) in [5.41, 5.74) is 5.69. The maximum absolute atomic E-state index is 9.70. The van der Waals surface area contributed by atoms with Crippen molar-refractivity contribution in [3.05, 3.63) is 6.07 Å². The van der Waals surface area contributed by atoms with Crippen LogP contribution < -0.4 is 16.4 Å². The summed E-state index contributed by atoms with van der Waals surface area (Å²) in [6, 6.07) is 1.85. The second-order valence-electron chi connectivity index (χ2n) is 5.60. The lowest BCUT2D eigenvalue weighted by molar-refractivity contribution is 0.0943. The van der Waals surface area contributed by atoms with E-state index in [1.807, 2.05) is 13.0 Å². The number of rotatable bonds is 6. The predicted molar refractivity (Wildman–Crippen MR) is 81.7 cm³/mol. The largest absolute Gasteiger partial charge is 0.396 e. The highest BCUT2D eigenvalue weighted by molar-refractivity contribution is 5.51. The van der Waals surface area contributed by atoms with Gasteiger partial charge in [0.1, 0.15) is 11.6 Å². The SMILES string of the molecule is CCNc1cc(NCC2(CO)CCCCC2)nc(N)n1. The first kappa shape index (κ1) is 14.8. The number of hydrogen-bond donors (Lipinski definition) is 4. The van der Waals surface area contributed by atoms with Crippen LogP contribution in [-0.4, -0.2) is 34.8 Å². The van der Waals surface area contributed by atoms with E-state index >= 15 is 0 Å². The highest BCUT2D eigenvalue weighted by Crippen LogP contribution is 2.35. The van der Waals surface area contributed by atoms with E-state index in [1.165, 1.54) is 19.3 Å². The van der Waals surface area contributed by atoms with Crippen LogP contribution in [0.3, 0.4) is 0 Å². The number of nitrogens with two attached hydrogens (primary N) is 1. The van der Waals surface area contributed by atoms with Gasteiger partial charge in [0.25, 0.3) is 0 Å². The minimum Gasteiger partial charge on any atom is -0.396 e. The Bertz CT molecular complexity index is 432. The average molecular weight is 279 g/mol. The van der Waals surface area contributed by atoms with Crippen molar-refractivity contribution in [1.82, 2.24) is 9.97 Å². The molecule has 0 unspecified atom stereocenters. The Balaban J connectivity index is 2.02. The third kappa shape index (κ3) is 3.72. The van der Waals surface area contributed by atoms with E-state index in [2.05, 4.69) is 20.6 Å². The van der Waals surface area contributed by atoms with Crippen molar-refractivity contribution in [1.29, 1.82) is 0 Å². The van der Waals surface area contributed by atoms with Crippen LogP contribution in [0.25, 0.3) is 0 Å². The first-order valence-corrected chi connectivity index (χ1v) is 7.41. The van der Waals surface area contributed by atoms with Crippen LogP contribution in [0, 0.1) is 5.41 Å². The van der Waals surface area contributed by atoms with Gasteiger partial charge in [0.2, 0.25) is 5.95 Å². The molecule has 1 aromatic heterocycles. The molecule has 112 valence electrons. The molecule has 1 aromatic rings. The van der Waals surface area contributed by atoms with Gasteiger partial charge in [-0.2, -0.15) is 9.97 Å². The van der Waals surface area contributed by atoms with Crippen LogP contribution in [0.4, 0.5) is 17.6 Å². The van der Waals surface area contributed by atoms with Gasteiger partial charge in [0, 0.05) is 24.6 Å². The summed E-state index contributed by atoms with van der Waals surface area (Å²) in [4.78, 5) is 8.32. The highest BCUT2D eigenvalue weighted by Gasteiger charge is 2.31. The van der Waals surface area contributed by atoms with Gasteiger partial charge < -0.3 is 21.5 Å². The summed E-state index contributed by atoms with van der Waals surface area (Å²) in [5.74, 6) is 1.70. The van der Waals surface area contributed by atoms with Crippen LogP contribution in [-0.2, 0) is 0 Å². The normalized spacial score (nSPS) is 17.7. The lowest BCUT2D eigenvalue weighted by Gasteiger charge is -2.35. The second-order valence-corrected chi connectivity index (χ2v) is 5.60. The average Bonchev–Trinajstić information content (AvgIpc) is 2.46. The Morgan fingerprint density at radius 3 is 2.45 bits per heavy atom.